The summed E-state index contributed by atoms with van der Waals surface area (Å²) in [5, 5.41) is 15.4. The van der Waals surface area contributed by atoms with Crippen LogP contribution in [0.3, 0.4) is 0 Å². The van der Waals surface area contributed by atoms with Crippen LogP contribution < -0.4 is 5.32 Å². The van der Waals surface area contributed by atoms with Crippen molar-refractivity contribution < 1.29 is 27.6 Å². The Labute approximate surface area is 138 Å². The van der Waals surface area contributed by atoms with Gasteiger partial charge in [-0.1, -0.05) is 29.4 Å². The van der Waals surface area contributed by atoms with Crippen molar-refractivity contribution in [3.63, 3.8) is 0 Å². The van der Waals surface area contributed by atoms with Gasteiger partial charge in [0.1, 0.15) is 5.75 Å². The van der Waals surface area contributed by atoms with Gasteiger partial charge in [-0.3, -0.25) is 4.79 Å². The number of aromatic nitrogens is 2. The highest BCUT2D eigenvalue weighted by Crippen LogP contribution is 2.29. The van der Waals surface area contributed by atoms with Gasteiger partial charge in [-0.25, -0.2) is 0 Å². The molecule has 0 saturated carbocycles. The molecular formula is C16H10F3N3O3. The minimum atomic E-state index is -4.72. The first-order valence-electron chi connectivity index (χ1n) is 6.95. The number of halogens is 3. The molecule has 0 aliphatic heterocycles. The van der Waals surface area contributed by atoms with Crippen molar-refractivity contribution in [3.8, 4) is 17.1 Å². The number of hydrogen-bond acceptors (Lipinski definition) is 5. The van der Waals surface area contributed by atoms with Gasteiger partial charge in [0.15, 0.2) is 0 Å². The lowest BCUT2D eigenvalue weighted by atomic mass is 10.1. The van der Waals surface area contributed by atoms with Crippen molar-refractivity contribution in [2.24, 2.45) is 0 Å². The van der Waals surface area contributed by atoms with E-state index in [9.17, 15) is 23.1 Å². The third-order valence-electron chi connectivity index (χ3n) is 3.23. The average molecular weight is 349 g/mol. The lowest BCUT2D eigenvalue weighted by Gasteiger charge is -2.07. The molecule has 0 aliphatic carbocycles. The quantitative estimate of drug-likeness (QED) is 0.704. The van der Waals surface area contributed by atoms with E-state index in [4.69, 9.17) is 0 Å². The number of aromatic hydroxyl groups is 1. The van der Waals surface area contributed by atoms with Crippen molar-refractivity contribution in [2.75, 3.05) is 5.32 Å². The largest absolute Gasteiger partial charge is 0.506 e. The summed E-state index contributed by atoms with van der Waals surface area (Å²) in [5.74, 6) is -2.25. The molecule has 3 rings (SSSR count). The van der Waals surface area contributed by atoms with E-state index in [1.54, 1.807) is 12.1 Å². The topological polar surface area (TPSA) is 88.2 Å². The Morgan fingerprint density at radius 1 is 1.08 bits per heavy atom. The first-order chi connectivity index (χ1) is 11.8. The highest BCUT2D eigenvalue weighted by molar-refractivity contribution is 6.05. The van der Waals surface area contributed by atoms with E-state index >= 15 is 0 Å². The Morgan fingerprint density at radius 2 is 1.76 bits per heavy atom. The fraction of sp³-hybridized carbons (Fsp3) is 0.0625. The Balaban J connectivity index is 1.77. The molecule has 1 aromatic heterocycles. The van der Waals surface area contributed by atoms with Gasteiger partial charge in [-0.05, 0) is 24.3 Å². The number of phenols is 1. The van der Waals surface area contributed by atoms with Crippen molar-refractivity contribution >= 4 is 11.6 Å². The fourth-order valence-corrected chi connectivity index (χ4v) is 2.00. The summed E-state index contributed by atoms with van der Waals surface area (Å²) in [4.78, 5) is 15.4. The second kappa shape index (κ2) is 6.27. The monoisotopic (exact) mass is 349 g/mol. The van der Waals surface area contributed by atoms with Gasteiger partial charge in [0.25, 0.3) is 5.91 Å². The summed E-state index contributed by atoms with van der Waals surface area (Å²) in [6, 6.07) is 11.8. The third kappa shape index (κ3) is 3.60. The first-order valence-corrected chi connectivity index (χ1v) is 6.95. The summed E-state index contributed by atoms with van der Waals surface area (Å²) in [5.41, 5.74) is 0.745. The summed E-state index contributed by atoms with van der Waals surface area (Å²) < 4.78 is 41.5. The van der Waals surface area contributed by atoms with Crippen LogP contribution in [0.1, 0.15) is 16.2 Å². The number of amides is 1. The highest BCUT2D eigenvalue weighted by atomic mass is 19.4. The fourth-order valence-electron chi connectivity index (χ4n) is 2.00. The smallest absolute Gasteiger partial charge is 0.471 e. The number of anilines is 1. The maximum Gasteiger partial charge on any atom is 0.471 e. The number of carbonyl (C=O) groups is 1. The maximum absolute atomic E-state index is 12.5. The molecule has 9 heteroatoms. The molecule has 0 aliphatic rings. The highest BCUT2D eigenvalue weighted by Gasteiger charge is 2.38. The van der Waals surface area contributed by atoms with Crippen LogP contribution in [0.15, 0.2) is 53.1 Å². The predicted octanol–water partition coefficient (Wildman–Crippen LogP) is 3.71. The number of nitrogens with one attached hydrogen (secondary N) is 1. The number of nitrogens with zero attached hydrogens (tertiary/aromatic N) is 2. The molecule has 128 valence electrons. The van der Waals surface area contributed by atoms with Crippen LogP contribution in [-0.4, -0.2) is 21.2 Å². The molecule has 0 radical (unpaired) electrons. The number of para-hydroxylation sites is 2. The molecule has 1 heterocycles. The van der Waals surface area contributed by atoms with E-state index in [1.165, 1.54) is 36.4 Å². The zero-order chi connectivity index (χ0) is 18.0. The second-order valence-electron chi connectivity index (χ2n) is 4.97. The van der Waals surface area contributed by atoms with Gasteiger partial charge < -0.3 is 14.9 Å². The summed E-state index contributed by atoms with van der Waals surface area (Å²) >= 11 is 0. The third-order valence-corrected chi connectivity index (χ3v) is 3.23. The van der Waals surface area contributed by atoms with Crippen LogP contribution in [0, 0.1) is 0 Å². The van der Waals surface area contributed by atoms with E-state index in [0.717, 1.165) is 0 Å². The van der Waals surface area contributed by atoms with E-state index in [2.05, 4.69) is 20.0 Å². The van der Waals surface area contributed by atoms with Gasteiger partial charge in [-0.2, -0.15) is 18.2 Å². The Kier molecular flexibility index (Phi) is 4.14. The first kappa shape index (κ1) is 16.5. The van der Waals surface area contributed by atoms with E-state index in [1.807, 2.05) is 0 Å². The van der Waals surface area contributed by atoms with Gasteiger partial charge in [0.05, 0.1) is 5.69 Å². The SMILES string of the molecule is O=C(Nc1ccccc1O)c1ccc(-c2noc(C(F)(F)F)n2)cc1. The molecule has 0 bridgehead atoms. The van der Waals surface area contributed by atoms with Crippen LogP contribution in [0.2, 0.25) is 0 Å². The van der Waals surface area contributed by atoms with Crippen LogP contribution in [0.4, 0.5) is 18.9 Å². The number of benzene rings is 2. The number of alkyl halides is 3. The predicted molar refractivity (Wildman–Crippen MR) is 80.8 cm³/mol. The van der Waals surface area contributed by atoms with Crippen LogP contribution in [-0.2, 0) is 6.18 Å². The molecule has 3 aromatic rings. The molecule has 0 fully saturated rings. The second-order valence-corrected chi connectivity index (χ2v) is 4.97. The number of carbonyl (C=O) groups excluding carboxylic acids is 1. The average Bonchev–Trinajstić information content (AvgIpc) is 3.07. The van der Waals surface area contributed by atoms with Crippen LogP contribution >= 0.6 is 0 Å². The van der Waals surface area contributed by atoms with Crippen molar-refractivity contribution in [2.45, 2.75) is 6.18 Å². The molecule has 6 nitrogen and oxygen atoms in total. The minimum absolute atomic E-state index is 0.0843. The molecule has 2 aromatic carbocycles. The molecule has 0 spiro atoms. The van der Waals surface area contributed by atoms with E-state index in [0.29, 0.717) is 0 Å². The zero-order valence-electron chi connectivity index (χ0n) is 12.4. The lowest BCUT2D eigenvalue weighted by Crippen LogP contribution is -2.11. The minimum Gasteiger partial charge on any atom is -0.506 e. The molecule has 0 unspecified atom stereocenters. The van der Waals surface area contributed by atoms with Gasteiger partial charge in [-0.15, -0.1) is 0 Å². The Morgan fingerprint density at radius 3 is 2.36 bits per heavy atom. The van der Waals surface area contributed by atoms with Gasteiger partial charge in [0.2, 0.25) is 5.82 Å². The van der Waals surface area contributed by atoms with E-state index in [-0.39, 0.29) is 28.4 Å². The van der Waals surface area contributed by atoms with Crippen molar-refractivity contribution in [1.82, 2.24) is 10.1 Å². The molecule has 0 saturated heterocycles. The van der Waals surface area contributed by atoms with Crippen LogP contribution in [0.5, 0.6) is 5.75 Å². The zero-order valence-corrected chi connectivity index (χ0v) is 12.4. The Bertz CT molecular complexity index is 905. The number of rotatable bonds is 3. The number of phenolic OH excluding ortho intramolecular Hbond substituents is 1. The molecule has 0 atom stereocenters. The molecular weight excluding hydrogens is 339 g/mol. The van der Waals surface area contributed by atoms with E-state index < -0.39 is 18.0 Å². The van der Waals surface area contributed by atoms with Crippen molar-refractivity contribution in [3.05, 3.63) is 60.0 Å². The molecule has 25 heavy (non-hydrogen) atoms. The molecule has 1 amide bonds. The normalized spacial score (nSPS) is 11.3. The Hall–Kier alpha value is -3.36. The lowest BCUT2D eigenvalue weighted by molar-refractivity contribution is -0.159. The number of hydrogen-bond donors (Lipinski definition) is 2. The molecule has 2 N–H and O–H groups in total. The standard InChI is InChI=1S/C16H10F3N3O3/c17-16(18,19)15-21-13(22-25-15)9-5-7-10(8-6-9)14(24)20-11-3-1-2-4-12(11)23/h1-8,23H,(H,20,24). The maximum atomic E-state index is 12.5. The van der Waals surface area contributed by atoms with Gasteiger partial charge in [0, 0.05) is 11.1 Å². The van der Waals surface area contributed by atoms with Crippen molar-refractivity contribution in [1.29, 1.82) is 0 Å². The van der Waals surface area contributed by atoms with Crippen LogP contribution in [0.25, 0.3) is 11.4 Å². The summed E-state index contributed by atoms with van der Waals surface area (Å²) in [6.07, 6.45) is -4.72. The van der Waals surface area contributed by atoms with Gasteiger partial charge >= 0.3 is 12.1 Å². The summed E-state index contributed by atoms with van der Waals surface area (Å²) in [6.45, 7) is 0. The summed E-state index contributed by atoms with van der Waals surface area (Å²) in [7, 11) is 0.